The standard InChI is InChI=1S/C12H15N3O.ClH/c16-12-11-7-10(2-1-9(11)8-14-12)15-5-3-13-4-6-15;/h1-2,7,13H,3-6,8H2,(H,14,16);1H. The molecular weight excluding hydrogens is 238 g/mol. The van der Waals surface area contributed by atoms with E-state index in [2.05, 4.69) is 27.7 Å². The highest BCUT2D eigenvalue weighted by molar-refractivity contribution is 5.99. The minimum Gasteiger partial charge on any atom is -0.369 e. The lowest BCUT2D eigenvalue weighted by Gasteiger charge is -2.29. The second-order valence-electron chi connectivity index (χ2n) is 4.26. The molecule has 0 bridgehead atoms. The average Bonchev–Trinajstić information content (AvgIpc) is 2.72. The zero-order chi connectivity index (χ0) is 11.0. The van der Waals surface area contributed by atoms with Crippen LogP contribution in [-0.2, 0) is 6.54 Å². The largest absolute Gasteiger partial charge is 0.369 e. The Kier molecular flexibility index (Phi) is 3.54. The van der Waals surface area contributed by atoms with Gasteiger partial charge in [-0.25, -0.2) is 0 Å². The van der Waals surface area contributed by atoms with Gasteiger partial charge in [0, 0.05) is 44.0 Å². The molecule has 1 fully saturated rings. The maximum atomic E-state index is 11.6. The molecule has 1 aromatic rings. The number of hydrogen-bond donors (Lipinski definition) is 2. The highest BCUT2D eigenvalue weighted by Gasteiger charge is 2.20. The van der Waals surface area contributed by atoms with Gasteiger partial charge in [-0.15, -0.1) is 12.4 Å². The van der Waals surface area contributed by atoms with Crippen molar-refractivity contribution in [3.63, 3.8) is 0 Å². The predicted molar refractivity (Wildman–Crippen MR) is 69.9 cm³/mol. The number of piperazine rings is 1. The molecule has 4 nitrogen and oxygen atoms in total. The van der Waals surface area contributed by atoms with E-state index >= 15 is 0 Å². The minimum atomic E-state index is 0. The van der Waals surface area contributed by atoms with Crippen LogP contribution in [-0.4, -0.2) is 32.1 Å². The third-order valence-electron chi connectivity index (χ3n) is 3.26. The second-order valence-corrected chi connectivity index (χ2v) is 4.26. The van der Waals surface area contributed by atoms with Crippen LogP contribution in [0, 0.1) is 0 Å². The Bertz CT molecular complexity index is 430. The lowest BCUT2D eigenvalue weighted by Crippen LogP contribution is -2.43. The number of halogens is 1. The number of fused-ring (bicyclic) bond motifs is 1. The Labute approximate surface area is 107 Å². The van der Waals surface area contributed by atoms with Crippen LogP contribution in [0.1, 0.15) is 15.9 Å². The molecule has 2 N–H and O–H groups in total. The molecule has 0 spiro atoms. The van der Waals surface area contributed by atoms with Gasteiger partial charge in [-0.05, 0) is 17.7 Å². The van der Waals surface area contributed by atoms with Crippen molar-refractivity contribution in [3.05, 3.63) is 29.3 Å². The first-order valence-electron chi connectivity index (χ1n) is 5.71. The van der Waals surface area contributed by atoms with E-state index in [0.717, 1.165) is 43.0 Å². The number of nitrogens with one attached hydrogen (secondary N) is 2. The molecule has 3 rings (SSSR count). The van der Waals surface area contributed by atoms with Gasteiger partial charge in [0.2, 0.25) is 0 Å². The van der Waals surface area contributed by atoms with E-state index in [1.54, 1.807) is 0 Å². The van der Waals surface area contributed by atoms with Crippen LogP contribution < -0.4 is 15.5 Å². The third kappa shape index (κ3) is 2.23. The summed E-state index contributed by atoms with van der Waals surface area (Å²) in [5, 5.41) is 6.17. The molecule has 0 radical (unpaired) electrons. The summed E-state index contributed by atoms with van der Waals surface area (Å²) in [6.45, 7) is 4.74. The molecule has 92 valence electrons. The number of nitrogens with zero attached hydrogens (tertiary/aromatic N) is 1. The monoisotopic (exact) mass is 253 g/mol. The maximum absolute atomic E-state index is 11.6. The molecule has 2 aliphatic heterocycles. The van der Waals surface area contributed by atoms with Gasteiger partial charge in [0.25, 0.3) is 5.91 Å². The van der Waals surface area contributed by atoms with Crippen LogP contribution in [0.2, 0.25) is 0 Å². The molecule has 0 unspecified atom stereocenters. The minimum absolute atomic E-state index is 0. The normalized spacial score (nSPS) is 18.4. The van der Waals surface area contributed by atoms with Gasteiger partial charge in [0.1, 0.15) is 0 Å². The number of anilines is 1. The molecule has 5 heteroatoms. The summed E-state index contributed by atoms with van der Waals surface area (Å²) >= 11 is 0. The second kappa shape index (κ2) is 4.94. The van der Waals surface area contributed by atoms with E-state index < -0.39 is 0 Å². The lowest BCUT2D eigenvalue weighted by atomic mass is 10.1. The van der Waals surface area contributed by atoms with E-state index in [4.69, 9.17) is 0 Å². The van der Waals surface area contributed by atoms with E-state index in [-0.39, 0.29) is 18.3 Å². The number of benzene rings is 1. The molecular formula is C12H16ClN3O. The molecule has 0 aliphatic carbocycles. The highest BCUT2D eigenvalue weighted by Crippen LogP contribution is 2.23. The Balaban J connectivity index is 0.00000108. The van der Waals surface area contributed by atoms with Crippen molar-refractivity contribution in [1.82, 2.24) is 10.6 Å². The molecule has 0 atom stereocenters. The summed E-state index contributed by atoms with van der Waals surface area (Å²) in [6.07, 6.45) is 0. The fraction of sp³-hybridized carbons (Fsp3) is 0.417. The molecule has 0 aromatic heterocycles. The lowest BCUT2D eigenvalue weighted by molar-refractivity contribution is 0.0966. The zero-order valence-corrected chi connectivity index (χ0v) is 10.3. The smallest absolute Gasteiger partial charge is 0.251 e. The van der Waals surface area contributed by atoms with Crippen molar-refractivity contribution in [3.8, 4) is 0 Å². The summed E-state index contributed by atoms with van der Waals surface area (Å²) in [6, 6.07) is 6.19. The Morgan fingerprint density at radius 2 is 1.94 bits per heavy atom. The zero-order valence-electron chi connectivity index (χ0n) is 9.53. The van der Waals surface area contributed by atoms with Crippen LogP contribution in [0.4, 0.5) is 5.69 Å². The molecule has 17 heavy (non-hydrogen) atoms. The van der Waals surface area contributed by atoms with Gasteiger partial charge in [-0.2, -0.15) is 0 Å². The van der Waals surface area contributed by atoms with Crippen LogP contribution in [0.25, 0.3) is 0 Å². The number of carbonyl (C=O) groups is 1. The van der Waals surface area contributed by atoms with Crippen LogP contribution in [0.3, 0.4) is 0 Å². The first kappa shape index (κ1) is 12.2. The van der Waals surface area contributed by atoms with Crippen molar-refractivity contribution >= 4 is 24.0 Å². The van der Waals surface area contributed by atoms with Crippen LogP contribution in [0.15, 0.2) is 18.2 Å². The number of carbonyl (C=O) groups excluding carboxylic acids is 1. The summed E-state index contributed by atoms with van der Waals surface area (Å²) in [5.41, 5.74) is 3.12. The van der Waals surface area contributed by atoms with Crippen LogP contribution in [0.5, 0.6) is 0 Å². The Morgan fingerprint density at radius 1 is 1.18 bits per heavy atom. The third-order valence-corrected chi connectivity index (χ3v) is 3.26. The molecule has 2 aliphatic rings. The quantitative estimate of drug-likeness (QED) is 0.777. The van der Waals surface area contributed by atoms with E-state index in [9.17, 15) is 4.79 Å². The first-order chi connectivity index (χ1) is 7.84. The summed E-state index contributed by atoms with van der Waals surface area (Å²) in [5.74, 6) is 0.0620. The Hall–Kier alpha value is -1.26. The molecule has 1 saturated heterocycles. The number of hydrogen-bond acceptors (Lipinski definition) is 3. The van der Waals surface area contributed by atoms with Crippen molar-refractivity contribution in [2.24, 2.45) is 0 Å². The van der Waals surface area contributed by atoms with Gasteiger partial charge in [0.15, 0.2) is 0 Å². The van der Waals surface area contributed by atoms with Crippen molar-refractivity contribution in [1.29, 1.82) is 0 Å². The van der Waals surface area contributed by atoms with Gasteiger partial charge < -0.3 is 15.5 Å². The molecule has 1 aromatic carbocycles. The van der Waals surface area contributed by atoms with E-state index in [1.807, 2.05) is 6.07 Å². The van der Waals surface area contributed by atoms with Crippen LogP contribution >= 0.6 is 12.4 Å². The van der Waals surface area contributed by atoms with Crippen molar-refractivity contribution in [2.75, 3.05) is 31.1 Å². The summed E-state index contributed by atoms with van der Waals surface area (Å²) in [7, 11) is 0. The van der Waals surface area contributed by atoms with Crippen molar-refractivity contribution in [2.45, 2.75) is 6.54 Å². The first-order valence-corrected chi connectivity index (χ1v) is 5.71. The summed E-state index contributed by atoms with van der Waals surface area (Å²) < 4.78 is 0. The SMILES string of the molecule is Cl.O=C1NCc2ccc(N3CCNCC3)cc21. The van der Waals surface area contributed by atoms with Gasteiger partial charge in [-0.1, -0.05) is 6.07 Å². The summed E-state index contributed by atoms with van der Waals surface area (Å²) in [4.78, 5) is 13.9. The average molecular weight is 254 g/mol. The Morgan fingerprint density at radius 3 is 2.71 bits per heavy atom. The molecule has 0 saturated carbocycles. The fourth-order valence-electron chi connectivity index (χ4n) is 2.32. The van der Waals surface area contributed by atoms with Gasteiger partial charge >= 0.3 is 0 Å². The predicted octanol–water partition coefficient (Wildman–Crippen LogP) is 0.761. The van der Waals surface area contributed by atoms with E-state index in [0.29, 0.717) is 6.54 Å². The molecule has 1 amide bonds. The fourth-order valence-corrected chi connectivity index (χ4v) is 2.32. The van der Waals surface area contributed by atoms with E-state index in [1.165, 1.54) is 0 Å². The number of amides is 1. The van der Waals surface area contributed by atoms with Gasteiger partial charge in [0.05, 0.1) is 0 Å². The number of rotatable bonds is 1. The van der Waals surface area contributed by atoms with Gasteiger partial charge in [-0.3, -0.25) is 4.79 Å². The molecule has 2 heterocycles. The highest BCUT2D eigenvalue weighted by atomic mass is 35.5. The van der Waals surface area contributed by atoms with Crippen molar-refractivity contribution < 1.29 is 4.79 Å². The topological polar surface area (TPSA) is 44.4 Å². The maximum Gasteiger partial charge on any atom is 0.251 e.